The van der Waals surface area contributed by atoms with Gasteiger partial charge in [-0.1, -0.05) is 0 Å². The fourth-order valence-corrected chi connectivity index (χ4v) is 2.38. The minimum atomic E-state index is 0.118. The van der Waals surface area contributed by atoms with Gasteiger partial charge in [-0.25, -0.2) is 0 Å². The number of likely N-dealkylation sites (tertiary alicyclic amines) is 1. The highest BCUT2D eigenvalue weighted by atomic mass is 16.2. The SMILES string of the molecule is CC(=O)N1CCC(Nc2nnc(C)c(C)c2C#N)CC1. The lowest BCUT2D eigenvalue weighted by atomic mass is 10.0. The Morgan fingerprint density at radius 3 is 2.55 bits per heavy atom. The minimum absolute atomic E-state index is 0.118. The minimum Gasteiger partial charge on any atom is -0.365 e. The van der Waals surface area contributed by atoms with E-state index in [0.717, 1.165) is 37.2 Å². The molecule has 6 heteroatoms. The van der Waals surface area contributed by atoms with Crippen LogP contribution in [0, 0.1) is 25.2 Å². The summed E-state index contributed by atoms with van der Waals surface area (Å²) in [6.07, 6.45) is 1.72. The average molecular weight is 273 g/mol. The van der Waals surface area contributed by atoms with Crippen LogP contribution in [0.25, 0.3) is 0 Å². The molecule has 1 saturated heterocycles. The highest BCUT2D eigenvalue weighted by Crippen LogP contribution is 2.21. The van der Waals surface area contributed by atoms with Gasteiger partial charge in [-0.05, 0) is 32.3 Å². The number of aromatic nitrogens is 2. The van der Waals surface area contributed by atoms with Crippen LogP contribution < -0.4 is 5.32 Å². The summed E-state index contributed by atoms with van der Waals surface area (Å²) in [6, 6.07) is 2.42. The zero-order valence-electron chi connectivity index (χ0n) is 12.1. The van der Waals surface area contributed by atoms with Gasteiger partial charge in [0.15, 0.2) is 5.82 Å². The van der Waals surface area contributed by atoms with Crippen LogP contribution >= 0.6 is 0 Å². The largest absolute Gasteiger partial charge is 0.365 e. The number of carbonyl (C=O) groups is 1. The van der Waals surface area contributed by atoms with Gasteiger partial charge in [0, 0.05) is 26.1 Å². The van der Waals surface area contributed by atoms with Gasteiger partial charge in [-0.3, -0.25) is 4.79 Å². The van der Waals surface area contributed by atoms with Crippen LogP contribution in [0.1, 0.15) is 36.6 Å². The second-order valence-corrected chi connectivity index (χ2v) is 5.17. The molecule has 0 radical (unpaired) electrons. The average Bonchev–Trinajstić information content (AvgIpc) is 2.44. The predicted octanol–water partition coefficient (Wildman–Crippen LogP) is 1.39. The number of nitrogens with zero attached hydrogens (tertiary/aromatic N) is 4. The van der Waals surface area contributed by atoms with Crippen molar-refractivity contribution in [1.82, 2.24) is 15.1 Å². The van der Waals surface area contributed by atoms with Gasteiger partial charge in [-0.2, -0.15) is 10.4 Å². The zero-order chi connectivity index (χ0) is 14.7. The third-order valence-corrected chi connectivity index (χ3v) is 3.85. The van der Waals surface area contributed by atoms with Crippen LogP contribution in [0.15, 0.2) is 0 Å². The van der Waals surface area contributed by atoms with Crippen LogP contribution in [0.4, 0.5) is 5.82 Å². The first-order valence-corrected chi connectivity index (χ1v) is 6.79. The van der Waals surface area contributed by atoms with E-state index < -0.39 is 0 Å². The molecule has 1 aliphatic heterocycles. The smallest absolute Gasteiger partial charge is 0.219 e. The molecule has 1 aromatic heterocycles. The van der Waals surface area contributed by atoms with Crippen LogP contribution in [0.3, 0.4) is 0 Å². The number of carbonyl (C=O) groups excluding carboxylic acids is 1. The van der Waals surface area contributed by atoms with Crippen molar-refractivity contribution in [3.05, 3.63) is 16.8 Å². The third-order valence-electron chi connectivity index (χ3n) is 3.85. The summed E-state index contributed by atoms with van der Waals surface area (Å²) in [5, 5.41) is 20.7. The normalized spacial score (nSPS) is 15.8. The molecule has 0 saturated carbocycles. The molecule has 0 aliphatic carbocycles. The highest BCUT2D eigenvalue weighted by molar-refractivity contribution is 5.73. The molecule has 2 heterocycles. The molecule has 106 valence electrons. The Balaban J connectivity index is 2.07. The Bertz CT molecular complexity index is 555. The second-order valence-electron chi connectivity index (χ2n) is 5.17. The Morgan fingerprint density at radius 1 is 1.35 bits per heavy atom. The lowest BCUT2D eigenvalue weighted by Gasteiger charge is -2.32. The van der Waals surface area contributed by atoms with Gasteiger partial charge in [-0.15, -0.1) is 5.10 Å². The molecule has 0 unspecified atom stereocenters. The molecule has 1 aliphatic rings. The van der Waals surface area contributed by atoms with Crippen molar-refractivity contribution in [2.45, 2.75) is 39.7 Å². The van der Waals surface area contributed by atoms with Crippen molar-refractivity contribution in [3.63, 3.8) is 0 Å². The topological polar surface area (TPSA) is 81.9 Å². The molecular weight excluding hydrogens is 254 g/mol. The van der Waals surface area contributed by atoms with Gasteiger partial charge in [0.2, 0.25) is 5.91 Å². The quantitative estimate of drug-likeness (QED) is 0.880. The van der Waals surface area contributed by atoms with E-state index >= 15 is 0 Å². The van der Waals surface area contributed by atoms with E-state index in [1.165, 1.54) is 0 Å². The van der Waals surface area contributed by atoms with Gasteiger partial charge >= 0.3 is 0 Å². The Morgan fingerprint density at radius 2 is 2.00 bits per heavy atom. The third kappa shape index (κ3) is 2.87. The molecule has 1 aromatic rings. The monoisotopic (exact) mass is 273 g/mol. The maximum Gasteiger partial charge on any atom is 0.219 e. The first-order chi connectivity index (χ1) is 9.52. The lowest BCUT2D eigenvalue weighted by molar-refractivity contribution is -0.129. The van der Waals surface area contributed by atoms with E-state index in [0.29, 0.717) is 11.4 Å². The summed E-state index contributed by atoms with van der Waals surface area (Å²) in [6.45, 7) is 6.81. The molecule has 1 N–H and O–H groups in total. The molecular formula is C14H19N5O. The van der Waals surface area contributed by atoms with Gasteiger partial charge in [0.05, 0.1) is 5.69 Å². The lowest BCUT2D eigenvalue weighted by Crippen LogP contribution is -2.41. The first-order valence-electron chi connectivity index (χ1n) is 6.79. The molecule has 6 nitrogen and oxygen atoms in total. The molecule has 20 heavy (non-hydrogen) atoms. The van der Waals surface area contributed by atoms with E-state index in [1.807, 2.05) is 18.7 Å². The number of hydrogen-bond donors (Lipinski definition) is 1. The Hall–Kier alpha value is -2.16. The molecule has 0 atom stereocenters. The van der Waals surface area contributed by atoms with Crippen molar-refractivity contribution in [2.24, 2.45) is 0 Å². The van der Waals surface area contributed by atoms with E-state index in [4.69, 9.17) is 0 Å². The molecule has 0 bridgehead atoms. The zero-order valence-corrected chi connectivity index (χ0v) is 12.1. The highest BCUT2D eigenvalue weighted by Gasteiger charge is 2.22. The first kappa shape index (κ1) is 14.3. The maximum atomic E-state index is 11.3. The number of nitriles is 1. The second kappa shape index (κ2) is 5.87. The van der Waals surface area contributed by atoms with Gasteiger partial charge in [0.1, 0.15) is 11.6 Å². The fraction of sp³-hybridized carbons (Fsp3) is 0.571. The van der Waals surface area contributed by atoms with Crippen LogP contribution in [-0.2, 0) is 4.79 Å². The van der Waals surface area contributed by atoms with E-state index in [2.05, 4.69) is 21.6 Å². The number of rotatable bonds is 2. The van der Waals surface area contributed by atoms with Crippen molar-refractivity contribution in [1.29, 1.82) is 5.26 Å². The van der Waals surface area contributed by atoms with E-state index in [9.17, 15) is 10.1 Å². The van der Waals surface area contributed by atoms with Crippen molar-refractivity contribution in [2.75, 3.05) is 18.4 Å². The summed E-state index contributed by atoms with van der Waals surface area (Å²) in [5.41, 5.74) is 2.20. The summed E-state index contributed by atoms with van der Waals surface area (Å²) < 4.78 is 0. The summed E-state index contributed by atoms with van der Waals surface area (Å²) in [4.78, 5) is 13.1. The number of anilines is 1. The maximum absolute atomic E-state index is 11.3. The Kier molecular flexibility index (Phi) is 4.18. The molecule has 1 amide bonds. The van der Waals surface area contributed by atoms with Crippen molar-refractivity contribution >= 4 is 11.7 Å². The summed E-state index contributed by atoms with van der Waals surface area (Å²) in [5.74, 6) is 0.670. The Labute approximate surface area is 118 Å². The molecule has 0 aromatic carbocycles. The summed E-state index contributed by atoms with van der Waals surface area (Å²) in [7, 11) is 0. The van der Waals surface area contributed by atoms with Gasteiger partial charge in [0.25, 0.3) is 0 Å². The van der Waals surface area contributed by atoms with Crippen molar-refractivity contribution in [3.8, 4) is 6.07 Å². The molecule has 0 spiro atoms. The number of piperidine rings is 1. The number of amides is 1. The van der Waals surface area contributed by atoms with Crippen LogP contribution in [0.2, 0.25) is 0 Å². The number of nitrogens with one attached hydrogen (secondary N) is 1. The van der Waals surface area contributed by atoms with Crippen molar-refractivity contribution < 1.29 is 4.79 Å². The van der Waals surface area contributed by atoms with Gasteiger partial charge < -0.3 is 10.2 Å². The predicted molar refractivity (Wildman–Crippen MR) is 75.1 cm³/mol. The summed E-state index contributed by atoms with van der Waals surface area (Å²) >= 11 is 0. The van der Waals surface area contributed by atoms with E-state index in [-0.39, 0.29) is 11.9 Å². The van der Waals surface area contributed by atoms with Crippen LogP contribution in [-0.4, -0.2) is 40.1 Å². The van der Waals surface area contributed by atoms with E-state index in [1.54, 1.807) is 6.92 Å². The fourth-order valence-electron chi connectivity index (χ4n) is 2.38. The number of aryl methyl sites for hydroxylation is 1. The molecule has 2 rings (SSSR count). The molecule has 1 fully saturated rings. The van der Waals surface area contributed by atoms with Crippen LogP contribution in [0.5, 0.6) is 0 Å². The number of hydrogen-bond acceptors (Lipinski definition) is 5. The standard InChI is InChI=1S/C14H19N5O/c1-9-10(2)17-18-14(13(9)8-15)16-12-4-6-19(7-5-12)11(3)20/h12H,4-7H2,1-3H3,(H,16,18).